The standard InChI is InChI=1S/C60H62Cl2N12O4/c1-5-53(75)67-42-22-19-38(35-78-44-27-23-39(24-28-44)69-59-64-33-48(61)56(71-59)47-32-63-50-16-8-6-14-45(47)50)52(31-42)74(54(76)18-11-29-73(3)4)43-25-20-37(21-26-43)58(77)68-40-12-10-13-41(30-40)70-60-65-34-49(62)57(72-60)55-36(2)66-51-17-9-7-15-46(51)55/h5-9,11,14-22,25-26,31-34,39-41,44,63,66H,1,10,12-13,23-24,27-30,35H2,2-4H3,(H,67,75)(H,68,77)(H,64,69,71)(H,65,70,72)/b18-11+/t39?,40-,41+,44?/m0/s1. The van der Waals surface area contributed by atoms with Gasteiger partial charge in [0.25, 0.3) is 11.8 Å². The first kappa shape index (κ1) is 53.5. The molecule has 8 aromatic rings. The van der Waals surface area contributed by atoms with E-state index in [9.17, 15) is 14.4 Å². The number of fused-ring (bicyclic) bond motifs is 2. The Morgan fingerprint density at radius 1 is 0.795 bits per heavy atom. The average Bonchev–Trinajstić information content (AvgIpc) is 4.14. The van der Waals surface area contributed by atoms with Gasteiger partial charge in [-0.15, -0.1) is 0 Å². The molecule has 18 heteroatoms. The molecule has 0 spiro atoms. The number of hydrogen-bond acceptors (Lipinski definition) is 11. The van der Waals surface area contributed by atoms with E-state index in [1.165, 1.54) is 12.2 Å². The average molecular weight is 1090 g/mol. The highest BCUT2D eigenvalue weighted by atomic mass is 35.5. The second-order valence-corrected chi connectivity index (χ2v) is 21.0. The van der Waals surface area contributed by atoms with Crippen LogP contribution in [0.15, 0.2) is 134 Å². The molecular weight excluding hydrogens is 1020 g/mol. The van der Waals surface area contributed by atoms with E-state index in [0.29, 0.717) is 68.9 Å². The van der Waals surface area contributed by atoms with E-state index in [-0.39, 0.29) is 42.7 Å². The van der Waals surface area contributed by atoms with Crippen molar-refractivity contribution in [3.63, 3.8) is 0 Å². The molecule has 2 fully saturated rings. The van der Waals surface area contributed by atoms with E-state index in [1.54, 1.807) is 59.8 Å². The normalized spacial score (nSPS) is 17.6. The third kappa shape index (κ3) is 12.4. The van der Waals surface area contributed by atoms with Gasteiger partial charge in [0.2, 0.25) is 17.8 Å². The lowest BCUT2D eigenvalue weighted by molar-refractivity contribution is -0.113. The molecule has 0 aliphatic heterocycles. The predicted molar refractivity (Wildman–Crippen MR) is 312 cm³/mol. The Kier molecular flexibility index (Phi) is 16.6. The quantitative estimate of drug-likeness (QED) is 0.0447. The third-order valence-corrected chi connectivity index (χ3v) is 15.0. The minimum absolute atomic E-state index is 0.0171. The second-order valence-electron chi connectivity index (χ2n) is 20.2. The van der Waals surface area contributed by atoms with Gasteiger partial charge in [-0.1, -0.05) is 78.3 Å². The number of H-pyrrole nitrogens is 2. The number of aromatic nitrogens is 6. The van der Waals surface area contributed by atoms with Crippen LogP contribution in [0.25, 0.3) is 44.3 Å². The molecule has 0 bridgehead atoms. The van der Waals surface area contributed by atoms with Gasteiger partial charge in [-0.2, -0.15) is 0 Å². The van der Waals surface area contributed by atoms with Crippen molar-refractivity contribution in [2.75, 3.05) is 41.5 Å². The first-order chi connectivity index (χ1) is 37.9. The van der Waals surface area contributed by atoms with Crippen molar-refractivity contribution >= 4 is 91.7 Å². The largest absolute Gasteiger partial charge is 0.373 e. The Morgan fingerprint density at radius 2 is 1.47 bits per heavy atom. The van der Waals surface area contributed by atoms with Gasteiger partial charge in [0.1, 0.15) is 0 Å². The van der Waals surface area contributed by atoms with E-state index in [2.05, 4.69) is 53.8 Å². The molecule has 4 aromatic carbocycles. The maximum absolute atomic E-state index is 14.5. The molecule has 10 rings (SSSR count). The fourth-order valence-corrected chi connectivity index (χ4v) is 10.9. The second kappa shape index (κ2) is 24.2. The van der Waals surface area contributed by atoms with E-state index in [4.69, 9.17) is 37.9 Å². The molecule has 2 aliphatic rings. The van der Waals surface area contributed by atoms with Crippen molar-refractivity contribution in [1.82, 2.24) is 40.1 Å². The number of amides is 3. The summed E-state index contributed by atoms with van der Waals surface area (Å²) >= 11 is 13.3. The van der Waals surface area contributed by atoms with Crippen LogP contribution in [0.4, 0.5) is 29.0 Å². The maximum atomic E-state index is 14.5. The summed E-state index contributed by atoms with van der Waals surface area (Å²) < 4.78 is 6.64. The summed E-state index contributed by atoms with van der Waals surface area (Å²) in [6.07, 6.45) is 16.2. The van der Waals surface area contributed by atoms with Crippen molar-refractivity contribution < 1.29 is 19.1 Å². The molecule has 6 N–H and O–H groups in total. The lowest BCUT2D eigenvalue weighted by Crippen LogP contribution is -2.42. The molecule has 2 saturated carbocycles. The molecule has 4 aromatic heterocycles. The predicted octanol–water partition coefficient (Wildman–Crippen LogP) is 12.2. The molecule has 4 heterocycles. The summed E-state index contributed by atoms with van der Waals surface area (Å²) in [6.45, 7) is 6.36. The smallest absolute Gasteiger partial charge is 0.255 e. The molecule has 0 unspecified atom stereocenters. The molecule has 2 atom stereocenters. The minimum atomic E-state index is -0.392. The van der Waals surface area contributed by atoms with Gasteiger partial charge < -0.3 is 40.9 Å². The van der Waals surface area contributed by atoms with Crippen molar-refractivity contribution in [3.05, 3.63) is 161 Å². The fraction of sp³-hybridized carbons (Fsp3) is 0.283. The third-order valence-electron chi connectivity index (χ3n) is 14.4. The highest BCUT2D eigenvalue weighted by Crippen LogP contribution is 2.38. The zero-order valence-electron chi connectivity index (χ0n) is 43.8. The van der Waals surface area contributed by atoms with Crippen LogP contribution in [0, 0.1) is 6.92 Å². The van der Waals surface area contributed by atoms with Crippen LogP contribution in [0.2, 0.25) is 10.0 Å². The number of hydrogen-bond donors (Lipinski definition) is 6. The van der Waals surface area contributed by atoms with Crippen LogP contribution in [0.3, 0.4) is 0 Å². The van der Waals surface area contributed by atoms with Crippen molar-refractivity contribution in [2.45, 2.75) is 89.1 Å². The Morgan fingerprint density at radius 3 is 2.22 bits per heavy atom. The van der Waals surface area contributed by atoms with Crippen LogP contribution >= 0.6 is 23.2 Å². The first-order valence-corrected chi connectivity index (χ1v) is 27.1. The monoisotopic (exact) mass is 1080 g/mol. The number of rotatable bonds is 18. The number of benzene rings is 4. The van der Waals surface area contributed by atoms with E-state index >= 15 is 0 Å². The maximum Gasteiger partial charge on any atom is 0.255 e. The summed E-state index contributed by atoms with van der Waals surface area (Å²) in [5.41, 5.74) is 8.84. The van der Waals surface area contributed by atoms with Crippen molar-refractivity contribution in [2.24, 2.45) is 0 Å². The number of anilines is 5. The zero-order chi connectivity index (χ0) is 54.3. The Labute approximate surface area is 463 Å². The van der Waals surface area contributed by atoms with Gasteiger partial charge in [-0.25, -0.2) is 19.9 Å². The zero-order valence-corrected chi connectivity index (χ0v) is 45.3. The van der Waals surface area contributed by atoms with E-state index < -0.39 is 5.91 Å². The molecule has 16 nitrogen and oxygen atoms in total. The molecular formula is C60H62Cl2N12O4. The SMILES string of the molecule is C=CC(=O)Nc1ccc(COC2CCC(Nc3ncc(Cl)c(-c4c[nH]c5ccccc45)n3)CC2)c(N(C(=O)/C=C/CN(C)C)c2ccc(C(=O)N[C@H]3CCC[C@@H](Nc4ncc(Cl)c(-c5c(C)[nH]c6ccccc56)n4)C3)cc2)c1. The number of para-hydroxylation sites is 2. The van der Waals surface area contributed by atoms with Crippen molar-refractivity contribution in [1.29, 1.82) is 0 Å². The molecule has 78 heavy (non-hydrogen) atoms. The van der Waals surface area contributed by atoms with Crippen LogP contribution in [-0.4, -0.2) is 97.4 Å². The van der Waals surface area contributed by atoms with Crippen LogP contribution in [0.5, 0.6) is 0 Å². The number of ether oxygens (including phenoxy) is 1. The van der Waals surface area contributed by atoms with Crippen LogP contribution < -0.4 is 26.2 Å². The van der Waals surface area contributed by atoms with Gasteiger partial charge in [0, 0.05) is 98.1 Å². The summed E-state index contributed by atoms with van der Waals surface area (Å²) in [6, 6.07) is 28.6. The lowest BCUT2D eigenvalue weighted by Gasteiger charge is -2.30. The number of carbonyl (C=O) groups excluding carboxylic acids is 3. The Balaban J connectivity index is 0.817. The van der Waals surface area contributed by atoms with E-state index in [0.717, 1.165) is 89.1 Å². The molecule has 400 valence electrons. The number of aromatic amines is 2. The van der Waals surface area contributed by atoms with Crippen LogP contribution in [0.1, 0.15) is 73.0 Å². The van der Waals surface area contributed by atoms with Crippen LogP contribution in [-0.2, 0) is 20.9 Å². The number of nitrogens with zero attached hydrogens (tertiary/aromatic N) is 6. The molecule has 3 amide bonds. The Bertz CT molecular complexity index is 3510. The number of nitrogens with one attached hydrogen (secondary N) is 6. The fourth-order valence-electron chi connectivity index (χ4n) is 10.5. The van der Waals surface area contributed by atoms with Gasteiger partial charge in [-0.3, -0.25) is 19.3 Å². The first-order valence-electron chi connectivity index (χ1n) is 26.3. The summed E-state index contributed by atoms with van der Waals surface area (Å²) in [7, 11) is 3.85. The Hall–Kier alpha value is -7.89. The summed E-state index contributed by atoms with van der Waals surface area (Å²) in [5.74, 6) is 0.0564. The number of carbonyl (C=O) groups is 3. The number of halogens is 2. The highest BCUT2D eigenvalue weighted by Gasteiger charge is 2.28. The van der Waals surface area contributed by atoms with Gasteiger partial charge in [-0.05, 0) is 127 Å². The lowest BCUT2D eigenvalue weighted by atomic mass is 9.91. The summed E-state index contributed by atoms with van der Waals surface area (Å²) in [5, 5.41) is 16.2. The van der Waals surface area contributed by atoms with Crippen molar-refractivity contribution in [3.8, 4) is 22.5 Å². The van der Waals surface area contributed by atoms with Gasteiger partial charge in [0.05, 0.1) is 52.2 Å². The van der Waals surface area contributed by atoms with E-state index in [1.807, 2.05) is 80.6 Å². The molecule has 2 aliphatic carbocycles. The minimum Gasteiger partial charge on any atom is -0.373 e. The highest BCUT2D eigenvalue weighted by molar-refractivity contribution is 6.33. The number of aryl methyl sites for hydroxylation is 1. The van der Waals surface area contributed by atoms with Gasteiger partial charge >= 0.3 is 0 Å². The topological polar surface area (TPSA) is 198 Å². The molecule has 0 radical (unpaired) electrons. The van der Waals surface area contributed by atoms with Gasteiger partial charge in [0.15, 0.2) is 0 Å². The molecule has 0 saturated heterocycles. The summed E-state index contributed by atoms with van der Waals surface area (Å²) in [4.78, 5) is 70.1. The number of likely N-dealkylation sites (N-methyl/N-ethyl adjacent to an activating group) is 1.